The monoisotopic (exact) mass is 647 g/mol. The number of hydrogen-bond acceptors (Lipinski definition) is 4. The molecule has 4 nitrogen and oxygen atoms in total. The van der Waals surface area contributed by atoms with Gasteiger partial charge in [-0.3, -0.25) is 0 Å². The van der Waals surface area contributed by atoms with E-state index in [-0.39, 0.29) is 42.3 Å². The highest BCUT2D eigenvalue weighted by Crippen LogP contribution is 2.33. The van der Waals surface area contributed by atoms with Crippen LogP contribution >= 0.6 is 0 Å². The lowest BCUT2D eigenvalue weighted by molar-refractivity contribution is -0.274. The topological polar surface area (TPSA) is 41.9 Å². The van der Waals surface area contributed by atoms with Crippen molar-refractivity contribution in [2.45, 2.75) is 38.0 Å². The molecule has 0 bridgehead atoms. The van der Waals surface area contributed by atoms with Gasteiger partial charge in [0.25, 0.3) is 0 Å². The second-order valence-corrected chi connectivity index (χ2v) is 9.80. The summed E-state index contributed by atoms with van der Waals surface area (Å²) in [5, 5.41) is 10.9. The molecule has 0 spiro atoms. The first-order chi connectivity index (χ1) is 21.0. The van der Waals surface area contributed by atoms with E-state index in [4.69, 9.17) is 4.74 Å². The third kappa shape index (κ3) is 9.51. The molecule has 0 saturated heterocycles. The largest absolute Gasteiger partial charge is 0.573 e. The van der Waals surface area contributed by atoms with Crippen LogP contribution in [0.4, 0.5) is 49.6 Å². The van der Waals surface area contributed by atoms with Gasteiger partial charge in [-0.2, -0.15) is 26.3 Å². The van der Waals surface area contributed by atoms with E-state index in [1.807, 2.05) is 0 Å². The summed E-state index contributed by atoms with van der Waals surface area (Å²) in [6, 6.07) is 16.7. The van der Waals surface area contributed by atoms with Crippen molar-refractivity contribution in [3.63, 3.8) is 0 Å². The highest BCUT2D eigenvalue weighted by Gasteiger charge is 2.33. The summed E-state index contributed by atoms with van der Waals surface area (Å²) in [5.74, 6) is -1.44. The van der Waals surface area contributed by atoms with Gasteiger partial charge < -0.3 is 19.5 Å². The third-order valence-electron chi connectivity index (χ3n) is 6.48. The Morgan fingerprint density at radius 2 is 1.31 bits per heavy atom. The molecule has 1 N–H and O–H groups in total. The van der Waals surface area contributed by atoms with Crippen LogP contribution < -0.4 is 14.4 Å². The number of benzene rings is 4. The summed E-state index contributed by atoms with van der Waals surface area (Å²) in [6.45, 7) is -0.881. The molecule has 0 fully saturated rings. The number of aliphatic hydroxyl groups is 1. The Morgan fingerprint density at radius 3 is 1.93 bits per heavy atom. The van der Waals surface area contributed by atoms with E-state index in [1.54, 1.807) is 0 Å². The zero-order chi connectivity index (χ0) is 33.0. The van der Waals surface area contributed by atoms with E-state index >= 15 is 0 Å². The van der Waals surface area contributed by atoms with Crippen LogP contribution in [0.3, 0.4) is 0 Å². The fraction of sp³-hybridized carbons (Fsp3) is 0.226. The molecule has 0 aliphatic carbocycles. The molecule has 4 aromatic carbocycles. The molecule has 0 radical (unpaired) electrons. The second-order valence-electron chi connectivity index (χ2n) is 9.80. The molecule has 240 valence electrons. The van der Waals surface area contributed by atoms with E-state index in [0.717, 1.165) is 42.5 Å². The Balaban J connectivity index is 1.59. The molecule has 0 aliphatic heterocycles. The Bertz CT molecular complexity index is 1580. The van der Waals surface area contributed by atoms with Gasteiger partial charge in [-0.25, -0.2) is 4.39 Å². The Morgan fingerprint density at radius 1 is 0.689 bits per heavy atom. The number of anilines is 1. The summed E-state index contributed by atoms with van der Waals surface area (Å²) < 4.78 is 140. The van der Waals surface area contributed by atoms with Crippen molar-refractivity contribution >= 4 is 5.69 Å². The maximum absolute atomic E-state index is 14.8. The molecule has 0 aliphatic rings. The van der Waals surface area contributed by atoms with Crippen LogP contribution in [0.15, 0.2) is 91.0 Å². The molecule has 4 aromatic rings. The summed E-state index contributed by atoms with van der Waals surface area (Å²) in [4.78, 5) is 1.39. The highest BCUT2D eigenvalue weighted by atomic mass is 19.4. The van der Waals surface area contributed by atoms with Crippen LogP contribution in [0.5, 0.6) is 11.5 Å². The van der Waals surface area contributed by atoms with E-state index < -0.39 is 47.5 Å². The van der Waals surface area contributed by atoms with Crippen LogP contribution in [0.2, 0.25) is 0 Å². The third-order valence-corrected chi connectivity index (χ3v) is 6.48. The number of aliphatic hydroxyl groups excluding tert-OH is 1. The molecule has 0 aromatic heterocycles. The summed E-state index contributed by atoms with van der Waals surface area (Å²) >= 11 is 0. The van der Waals surface area contributed by atoms with E-state index in [9.17, 15) is 49.0 Å². The predicted molar refractivity (Wildman–Crippen MR) is 143 cm³/mol. The molecule has 0 heterocycles. The van der Waals surface area contributed by atoms with Gasteiger partial charge in [-0.05, 0) is 59.7 Å². The first kappa shape index (κ1) is 33.4. The zero-order valence-corrected chi connectivity index (χ0v) is 22.8. The number of ether oxygens (including phenoxy) is 2. The lowest BCUT2D eigenvalue weighted by atomic mass is 10.0. The van der Waals surface area contributed by atoms with Gasteiger partial charge in [0.05, 0.1) is 17.2 Å². The minimum Gasteiger partial charge on any atom is -0.489 e. The van der Waals surface area contributed by atoms with Crippen LogP contribution in [-0.2, 0) is 25.5 Å². The standard InChI is InChI=1S/C31H23F10NO3/c32-27-14-23(30(36,37)38)12-9-21(27)16-42(17-28(43)20-7-10-22(11-8-20)29(33,34)35)24-4-2-5-25(15-24)44-18-19-3-1-6-26(13-19)45-31(39,40)41/h1-15,28,43H,16-18H2. The first-order valence-electron chi connectivity index (χ1n) is 13.0. The molecule has 1 atom stereocenters. The fourth-order valence-electron chi connectivity index (χ4n) is 4.30. The quantitative estimate of drug-likeness (QED) is 0.175. The van der Waals surface area contributed by atoms with Crippen LogP contribution in [0.25, 0.3) is 0 Å². The summed E-state index contributed by atoms with van der Waals surface area (Å²) in [7, 11) is 0. The number of hydrogen-bond donors (Lipinski definition) is 1. The van der Waals surface area contributed by atoms with Gasteiger partial charge in [0.2, 0.25) is 0 Å². The molecular weight excluding hydrogens is 624 g/mol. The van der Waals surface area contributed by atoms with Crippen molar-refractivity contribution in [2.24, 2.45) is 0 Å². The van der Waals surface area contributed by atoms with E-state index in [2.05, 4.69) is 4.74 Å². The van der Waals surface area contributed by atoms with Gasteiger partial charge in [0.15, 0.2) is 0 Å². The Labute approximate surface area is 250 Å². The first-order valence-corrected chi connectivity index (χ1v) is 13.0. The highest BCUT2D eigenvalue weighted by molar-refractivity contribution is 5.52. The number of rotatable bonds is 10. The fourth-order valence-corrected chi connectivity index (χ4v) is 4.30. The summed E-state index contributed by atoms with van der Waals surface area (Å²) in [5.41, 5.74) is -1.62. The van der Waals surface area contributed by atoms with Gasteiger partial charge in [-0.15, -0.1) is 13.2 Å². The lowest BCUT2D eigenvalue weighted by Gasteiger charge is -2.28. The number of halogens is 10. The van der Waals surface area contributed by atoms with Gasteiger partial charge >= 0.3 is 18.7 Å². The zero-order valence-electron chi connectivity index (χ0n) is 22.8. The van der Waals surface area contributed by atoms with E-state index in [0.29, 0.717) is 17.7 Å². The normalized spacial score (nSPS) is 13.0. The molecule has 0 saturated carbocycles. The Hall–Kier alpha value is -4.46. The molecule has 45 heavy (non-hydrogen) atoms. The Kier molecular flexibility index (Phi) is 9.86. The second kappa shape index (κ2) is 13.3. The molecule has 1 unspecified atom stereocenters. The average Bonchev–Trinajstić information content (AvgIpc) is 2.95. The maximum atomic E-state index is 14.8. The van der Waals surface area contributed by atoms with E-state index in [1.165, 1.54) is 41.3 Å². The number of alkyl halides is 9. The van der Waals surface area contributed by atoms with Crippen molar-refractivity contribution < 1.29 is 58.5 Å². The molecule has 14 heteroatoms. The number of nitrogens with zero attached hydrogens (tertiary/aromatic N) is 1. The lowest BCUT2D eigenvalue weighted by Crippen LogP contribution is -2.29. The van der Waals surface area contributed by atoms with Crippen molar-refractivity contribution in [1.29, 1.82) is 0 Å². The van der Waals surface area contributed by atoms with Crippen LogP contribution in [0.1, 0.15) is 33.9 Å². The maximum Gasteiger partial charge on any atom is 0.573 e. The predicted octanol–water partition coefficient (Wildman–Crippen LogP) is 9.08. The molecule has 4 rings (SSSR count). The van der Waals surface area contributed by atoms with Crippen molar-refractivity contribution in [3.8, 4) is 11.5 Å². The van der Waals surface area contributed by atoms with Gasteiger partial charge in [-0.1, -0.05) is 36.4 Å². The minimum absolute atomic E-state index is 0.0919. The van der Waals surface area contributed by atoms with Crippen LogP contribution in [-0.4, -0.2) is 18.0 Å². The van der Waals surface area contributed by atoms with Crippen molar-refractivity contribution in [1.82, 2.24) is 0 Å². The van der Waals surface area contributed by atoms with Crippen molar-refractivity contribution in [3.05, 3.63) is 125 Å². The minimum atomic E-state index is -4.89. The SMILES string of the molecule is OC(CN(Cc1ccc(C(F)(F)F)cc1F)c1cccc(OCc2cccc(OC(F)(F)F)c2)c1)c1ccc(C(F)(F)F)cc1. The summed E-state index contributed by atoms with van der Waals surface area (Å²) in [6.07, 6.45) is -15.7. The average molecular weight is 648 g/mol. The van der Waals surface area contributed by atoms with Crippen LogP contribution in [0, 0.1) is 5.82 Å². The van der Waals surface area contributed by atoms with Gasteiger partial charge in [0, 0.05) is 30.4 Å². The molecule has 0 amide bonds. The van der Waals surface area contributed by atoms with Crippen molar-refractivity contribution in [2.75, 3.05) is 11.4 Å². The smallest absolute Gasteiger partial charge is 0.489 e. The molecular formula is C31H23F10NO3. The van der Waals surface area contributed by atoms with Gasteiger partial charge in [0.1, 0.15) is 23.9 Å².